The summed E-state index contributed by atoms with van der Waals surface area (Å²) >= 11 is 1.85. The van der Waals surface area contributed by atoms with E-state index in [1.165, 1.54) is 15.6 Å². The zero-order chi connectivity index (χ0) is 16.5. The number of nitrogens with zero attached hydrogens (tertiary/aromatic N) is 4. The molecule has 0 saturated carbocycles. The van der Waals surface area contributed by atoms with Crippen molar-refractivity contribution in [3.63, 3.8) is 0 Å². The van der Waals surface area contributed by atoms with Gasteiger partial charge in [0.25, 0.3) is 0 Å². The molecule has 1 saturated heterocycles. The molecule has 1 aromatic carbocycles. The fraction of sp³-hybridized carbons (Fsp3) is 0.368. The lowest BCUT2D eigenvalue weighted by Gasteiger charge is -2.25. The van der Waals surface area contributed by atoms with Crippen LogP contribution >= 0.6 is 11.3 Å². The maximum absolute atomic E-state index is 4.56. The Morgan fingerprint density at radius 2 is 2.17 bits per heavy atom. The van der Waals surface area contributed by atoms with Gasteiger partial charge >= 0.3 is 0 Å². The van der Waals surface area contributed by atoms with E-state index in [4.69, 9.17) is 0 Å². The molecule has 0 spiro atoms. The van der Waals surface area contributed by atoms with Gasteiger partial charge in [0.05, 0.1) is 0 Å². The van der Waals surface area contributed by atoms with E-state index in [0.717, 1.165) is 37.7 Å². The molecule has 0 bridgehead atoms. The van der Waals surface area contributed by atoms with E-state index < -0.39 is 0 Å². The number of thiophene rings is 1. The number of hydrogen-bond acceptors (Lipinski definition) is 5. The van der Waals surface area contributed by atoms with E-state index in [9.17, 15) is 0 Å². The summed E-state index contributed by atoms with van der Waals surface area (Å²) < 4.78 is 1.38. The van der Waals surface area contributed by atoms with Gasteiger partial charge in [0.1, 0.15) is 0 Å². The van der Waals surface area contributed by atoms with Crippen molar-refractivity contribution < 1.29 is 0 Å². The molecule has 1 unspecified atom stereocenters. The molecule has 3 heterocycles. The van der Waals surface area contributed by atoms with Gasteiger partial charge in [-0.15, -0.1) is 11.3 Å². The Bertz CT molecular complexity index is 844. The number of hydrogen-bond donors (Lipinski definition) is 0. The maximum Gasteiger partial charge on any atom is 0.225 e. The Hall–Kier alpha value is -1.98. The number of benzene rings is 1. The van der Waals surface area contributed by atoms with Crippen LogP contribution in [0.1, 0.15) is 17.7 Å². The summed E-state index contributed by atoms with van der Waals surface area (Å²) in [6.45, 7) is 5.24. The van der Waals surface area contributed by atoms with E-state index >= 15 is 0 Å². The van der Waals surface area contributed by atoms with Gasteiger partial charge in [-0.1, -0.05) is 18.2 Å². The molecular weight excluding hydrogens is 316 g/mol. The summed E-state index contributed by atoms with van der Waals surface area (Å²) in [5.41, 5.74) is 2.47. The van der Waals surface area contributed by atoms with Crippen LogP contribution in [0.5, 0.6) is 0 Å². The average molecular weight is 338 g/mol. The van der Waals surface area contributed by atoms with E-state index in [2.05, 4.69) is 56.5 Å². The molecule has 1 atom stereocenters. The fourth-order valence-electron chi connectivity index (χ4n) is 3.44. The van der Waals surface area contributed by atoms with Crippen LogP contribution in [0.15, 0.2) is 41.9 Å². The normalized spacial score (nSPS) is 18.3. The zero-order valence-electron chi connectivity index (χ0n) is 14.1. The Labute approximate surface area is 146 Å². The first-order valence-corrected chi connectivity index (χ1v) is 9.28. The predicted molar refractivity (Wildman–Crippen MR) is 101 cm³/mol. The van der Waals surface area contributed by atoms with Crippen LogP contribution in [0, 0.1) is 6.92 Å². The van der Waals surface area contributed by atoms with Crippen molar-refractivity contribution in [3.8, 4) is 0 Å². The molecule has 0 radical (unpaired) electrons. The van der Waals surface area contributed by atoms with Gasteiger partial charge < -0.3 is 4.90 Å². The molecule has 4 rings (SSSR count). The van der Waals surface area contributed by atoms with Crippen molar-refractivity contribution in [1.29, 1.82) is 0 Å². The lowest BCUT2D eigenvalue weighted by Crippen LogP contribution is -2.35. The highest BCUT2D eigenvalue weighted by Crippen LogP contribution is 2.28. The fourth-order valence-corrected chi connectivity index (χ4v) is 4.39. The summed E-state index contributed by atoms with van der Waals surface area (Å²) in [4.78, 5) is 13.8. The SMILES string of the molecule is Cc1ccnc(N(C)C2CCN(Cc3csc4ccccc34)C2)n1. The highest BCUT2D eigenvalue weighted by atomic mass is 32.1. The van der Waals surface area contributed by atoms with Crippen molar-refractivity contribution in [1.82, 2.24) is 14.9 Å². The standard InChI is InChI=1S/C19H22N4S/c1-14-7-9-20-19(21-14)22(2)16-8-10-23(12-16)11-15-13-24-18-6-4-3-5-17(15)18/h3-7,9,13,16H,8,10-12H2,1-2H3. The Morgan fingerprint density at radius 3 is 3.04 bits per heavy atom. The summed E-state index contributed by atoms with van der Waals surface area (Å²) in [6.07, 6.45) is 3.01. The summed E-state index contributed by atoms with van der Waals surface area (Å²) in [5.74, 6) is 0.836. The monoisotopic (exact) mass is 338 g/mol. The molecule has 1 aliphatic rings. The Kier molecular flexibility index (Phi) is 4.21. The predicted octanol–water partition coefficient (Wildman–Crippen LogP) is 3.71. The Balaban J connectivity index is 1.45. The second-order valence-electron chi connectivity index (χ2n) is 6.54. The van der Waals surface area contributed by atoms with Crippen molar-refractivity contribution in [2.45, 2.75) is 25.9 Å². The first kappa shape index (κ1) is 15.5. The number of fused-ring (bicyclic) bond motifs is 1. The van der Waals surface area contributed by atoms with Crippen LogP contribution < -0.4 is 4.90 Å². The lowest BCUT2D eigenvalue weighted by molar-refractivity contribution is 0.327. The van der Waals surface area contributed by atoms with Crippen LogP contribution in [0.25, 0.3) is 10.1 Å². The molecule has 3 aromatic rings. The number of anilines is 1. The quantitative estimate of drug-likeness (QED) is 0.726. The first-order chi connectivity index (χ1) is 11.7. The Morgan fingerprint density at radius 1 is 1.29 bits per heavy atom. The molecule has 1 fully saturated rings. The third-order valence-electron chi connectivity index (χ3n) is 4.85. The zero-order valence-corrected chi connectivity index (χ0v) is 15.0. The van der Waals surface area contributed by atoms with E-state index in [-0.39, 0.29) is 0 Å². The molecule has 124 valence electrons. The minimum absolute atomic E-state index is 0.483. The van der Waals surface area contributed by atoms with Gasteiger partial charge in [0.2, 0.25) is 5.95 Å². The minimum atomic E-state index is 0.483. The molecule has 0 N–H and O–H groups in total. The third kappa shape index (κ3) is 3.01. The number of likely N-dealkylation sites (N-methyl/N-ethyl adjacent to an activating group) is 1. The van der Waals surface area contributed by atoms with Gasteiger partial charge in [0.15, 0.2) is 0 Å². The smallest absolute Gasteiger partial charge is 0.225 e. The maximum atomic E-state index is 4.56. The van der Waals surface area contributed by atoms with Crippen molar-refractivity contribution >= 4 is 27.4 Å². The lowest BCUT2D eigenvalue weighted by atomic mass is 10.2. The molecule has 5 heteroatoms. The second kappa shape index (κ2) is 6.49. The van der Waals surface area contributed by atoms with Crippen LogP contribution in [0.3, 0.4) is 0 Å². The van der Waals surface area contributed by atoms with E-state index in [0.29, 0.717) is 6.04 Å². The van der Waals surface area contributed by atoms with Gasteiger partial charge in [-0.3, -0.25) is 4.90 Å². The molecule has 0 amide bonds. The highest BCUT2D eigenvalue weighted by Gasteiger charge is 2.27. The summed E-state index contributed by atoms with van der Waals surface area (Å²) in [5, 5.41) is 3.71. The molecule has 4 nitrogen and oxygen atoms in total. The summed E-state index contributed by atoms with van der Waals surface area (Å²) in [7, 11) is 2.11. The molecule has 0 aliphatic carbocycles. The molecular formula is C19H22N4S. The third-order valence-corrected chi connectivity index (χ3v) is 5.86. The topological polar surface area (TPSA) is 32.3 Å². The van der Waals surface area contributed by atoms with E-state index in [1.807, 2.05) is 30.5 Å². The summed E-state index contributed by atoms with van der Waals surface area (Å²) in [6, 6.07) is 11.1. The highest BCUT2D eigenvalue weighted by molar-refractivity contribution is 7.17. The van der Waals surface area contributed by atoms with Gasteiger partial charge in [0, 0.05) is 49.3 Å². The van der Waals surface area contributed by atoms with Crippen molar-refractivity contribution in [2.75, 3.05) is 25.0 Å². The van der Waals surface area contributed by atoms with Crippen LogP contribution in [0.4, 0.5) is 5.95 Å². The van der Waals surface area contributed by atoms with Crippen LogP contribution in [-0.4, -0.2) is 41.0 Å². The number of aromatic nitrogens is 2. The second-order valence-corrected chi connectivity index (χ2v) is 7.45. The minimum Gasteiger partial charge on any atom is -0.340 e. The molecule has 24 heavy (non-hydrogen) atoms. The van der Waals surface area contributed by atoms with Gasteiger partial charge in [-0.25, -0.2) is 9.97 Å². The largest absolute Gasteiger partial charge is 0.340 e. The average Bonchev–Trinajstić information content (AvgIpc) is 3.22. The number of rotatable bonds is 4. The molecule has 2 aromatic heterocycles. The van der Waals surface area contributed by atoms with Gasteiger partial charge in [-0.05, 0) is 41.8 Å². The van der Waals surface area contributed by atoms with Gasteiger partial charge in [-0.2, -0.15) is 0 Å². The first-order valence-electron chi connectivity index (χ1n) is 8.40. The molecule has 1 aliphatic heterocycles. The van der Waals surface area contributed by atoms with Crippen LogP contribution in [0.2, 0.25) is 0 Å². The van der Waals surface area contributed by atoms with Crippen LogP contribution in [-0.2, 0) is 6.54 Å². The number of likely N-dealkylation sites (tertiary alicyclic amines) is 1. The number of aryl methyl sites for hydroxylation is 1. The van der Waals surface area contributed by atoms with Crippen molar-refractivity contribution in [3.05, 3.63) is 53.2 Å². The van der Waals surface area contributed by atoms with E-state index in [1.54, 1.807) is 0 Å². The van der Waals surface area contributed by atoms with Crippen molar-refractivity contribution in [2.24, 2.45) is 0 Å².